The van der Waals surface area contributed by atoms with E-state index in [4.69, 9.17) is 0 Å². The lowest BCUT2D eigenvalue weighted by Crippen LogP contribution is -2.39. The van der Waals surface area contributed by atoms with Crippen LogP contribution in [0.1, 0.15) is 24.0 Å². The number of aromatic nitrogens is 2. The summed E-state index contributed by atoms with van der Waals surface area (Å²) < 4.78 is 0. The Labute approximate surface area is 152 Å². The largest absolute Gasteiger partial charge is 0.507 e. The van der Waals surface area contributed by atoms with Gasteiger partial charge in [-0.3, -0.25) is 0 Å². The minimum Gasteiger partial charge on any atom is -0.507 e. The number of phenolic OH excluding ortho intramolecular Hbond substituents is 1. The van der Waals surface area contributed by atoms with E-state index in [9.17, 15) is 5.11 Å². The average molecular weight is 356 g/mol. The molecular formula is C19H24N4OS. The highest BCUT2D eigenvalue weighted by molar-refractivity contribution is 7.99. The van der Waals surface area contributed by atoms with Crippen LogP contribution in [0.15, 0.2) is 23.1 Å². The van der Waals surface area contributed by atoms with Gasteiger partial charge in [0.1, 0.15) is 11.6 Å². The second-order valence-electron chi connectivity index (χ2n) is 7.04. The third kappa shape index (κ3) is 3.33. The molecule has 0 radical (unpaired) electrons. The first-order valence-electron chi connectivity index (χ1n) is 8.89. The molecule has 6 heteroatoms. The first-order valence-corrected chi connectivity index (χ1v) is 9.88. The van der Waals surface area contributed by atoms with Gasteiger partial charge in [0.25, 0.3) is 0 Å². The van der Waals surface area contributed by atoms with Crippen molar-refractivity contribution in [1.82, 2.24) is 15.1 Å². The number of thioether (sulfide) groups is 1. The van der Waals surface area contributed by atoms with Gasteiger partial charge < -0.3 is 15.3 Å². The highest BCUT2D eigenvalue weighted by atomic mass is 32.2. The van der Waals surface area contributed by atoms with Crippen LogP contribution in [0, 0.1) is 6.92 Å². The lowest BCUT2D eigenvalue weighted by atomic mass is 10.0. The van der Waals surface area contributed by atoms with E-state index >= 15 is 0 Å². The average Bonchev–Trinajstić information content (AvgIpc) is 3.06. The van der Waals surface area contributed by atoms with Gasteiger partial charge in [0.2, 0.25) is 0 Å². The van der Waals surface area contributed by atoms with Crippen LogP contribution < -0.4 is 5.32 Å². The summed E-state index contributed by atoms with van der Waals surface area (Å²) in [4.78, 5) is 3.53. The number of hydrogen-bond donors (Lipinski definition) is 2. The van der Waals surface area contributed by atoms with Crippen molar-refractivity contribution in [3.05, 3.63) is 29.3 Å². The van der Waals surface area contributed by atoms with Gasteiger partial charge in [-0.25, -0.2) is 0 Å². The highest BCUT2D eigenvalue weighted by Crippen LogP contribution is 2.42. The summed E-state index contributed by atoms with van der Waals surface area (Å²) >= 11 is 1.80. The standard InChI is InChI=1S/C19H24N4OS/c1-12-10-17(20-13-4-3-8-23(2)11-13)21-22-18(12)15-5-6-16-14(19(15)24)7-9-25-16/h5-6,10,13,24H,3-4,7-9,11H2,1-2H3,(H,20,21)/t13-/m1/s1. The maximum absolute atomic E-state index is 10.6. The molecule has 1 aromatic carbocycles. The van der Waals surface area contributed by atoms with Gasteiger partial charge in [0.05, 0.1) is 5.69 Å². The summed E-state index contributed by atoms with van der Waals surface area (Å²) in [7, 11) is 2.16. The lowest BCUT2D eigenvalue weighted by molar-refractivity contribution is 0.260. The molecule has 0 saturated carbocycles. The molecule has 0 amide bonds. The van der Waals surface area contributed by atoms with Crippen LogP contribution in [0.5, 0.6) is 5.75 Å². The van der Waals surface area contributed by atoms with Gasteiger partial charge in [-0.1, -0.05) is 0 Å². The zero-order chi connectivity index (χ0) is 17.4. The Morgan fingerprint density at radius 3 is 3.00 bits per heavy atom. The Morgan fingerprint density at radius 2 is 2.20 bits per heavy atom. The Morgan fingerprint density at radius 1 is 1.32 bits per heavy atom. The number of aryl methyl sites for hydroxylation is 1. The molecule has 1 aromatic heterocycles. The van der Waals surface area contributed by atoms with Crippen molar-refractivity contribution in [3.63, 3.8) is 0 Å². The molecule has 0 unspecified atom stereocenters. The maximum atomic E-state index is 10.6. The molecule has 2 aliphatic rings. The number of likely N-dealkylation sites (tertiary alicyclic amines) is 1. The fraction of sp³-hybridized carbons (Fsp3) is 0.474. The van der Waals surface area contributed by atoms with Gasteiger partial charge in [-0.2, -0.15) is 0 Å². The molecule has 0 bridgehead atoms. The number of benzene rings is 1. The van der Waals surface area contributed by atoms with Gasteiger partial charge in [-0.05, 0) is 63.5 Å². The molecule has 5 nitrogen and oxygen atoms in total. The Balaban J connectivity index is 1.58. The molecule has 1 saturated heterocycles. The number of nitrogens with one attached hydrogen (secondary N) is 1. The van der Waals surface area contributed by atoms with E-state index < -0.39 is 0 Å². The van der Waals surface area contributed by atoms with Crippen molar-refractivity contribution in [2.24, 2.45) is 0 Å². The van der Waals surface area contributed by atoms with Crippen molar-refractivity contribution >= 4 is 17.6 Å². The molecule has 2 aromatic rings. The van der Waals surface area contributed by atoms with Gasteiger partial charge in [0, 0.05) is 34.4 Å². The predicted octanol–water partition coefficient (Wildman–Crippen LogP) is 3.31. The SMILES string of the molecule is Cc1cc(N[C@@H]2CCCN(C)C2)nnc1-c1ccc2c(c1O)CCS2. The number of piperidine rings is 1. The Bertz CT molecular complexity index is 795. The van der Waals surface area contributed by atoms with Crippen molar-refractivity contribution in [1.29, 1.82) is 0 Å². The number of fused-ring (bicyclic) bond motifs is 1. The van der Waals surface area contributed by atoms with Crippen molar-refractivity contribution in [2.75, 3.05) is 31.2 Å². The number of aromatic hydroxyl groups is 1. The number of anilines is 1. The summed E-state index contributed by atoms with van der Waals surface area (Å²) in [5.41, 5.74) is 3.64. The number of hydrogen-bond acceptors (Lipinski definition) is 6. The quantitative estimate of drug-likeness (QED) is 0.880. The van der Waals surface area contributed by atoms with E-state index in [-0.39, 0.29) is 0 Å². The van der Waals surface area contributed by atoms with E-state index in [1.54, 1.807) is 11.8 Å². The molecule has 4 rings (SSSR count). The van der Waals surface area contributed by atoms with Crippen molar-refractivity contribution in [2.45, 2.75) is 37.1 Å². The second-order valence-corrected chi connectivity index (χ2v) is 8.18. The number of rotatable bonds is 3. The Hall–Kier alpha value is -1.79. The molecular weight excluding hydrogens is 332 g/mol. The van der Waals surface area contributed by atoms with Crippen LogP contribution in [-0.2, 0) is 6.42 Å². The number of phenols is 1. The summed E-state index contributed by atoms with van der Waals surface area (Å²) in [5, 5.41) is 23.0. The van der Waals surface area contributed by atoms with Crippen LogP contribution >= 0.6 is 11.8 Å². The third-order valence-corrected chi connectivity index (χ3v) is 6.17. The van der Waals surface area contributed by atoms with E-state index in [0.717, 1.165) is 59.9 Å². The fourth-order valence-corrected chi connectivity index (χ4v) is 4.83. The monoisotopic (exact) mass is 356 g/mol. The summed E-state index contributed by atoms with van der Waals surface area (Å²) in [6.07, 6.45) is 3.29. The first-order chi connectivity index (χ1) is 12.1. The predicted molar refractivity (Wildman–Crippen MR) is 102 cm³/mol. The summed E-state index contributed by atoms with van der Waals surface area (Å²) in [6, 6.07) is 6.52. The molecule has 0 spiro atoms. The molecule has 3 heterocycles. The maximum Gasteiger partial charge on any atom is 0.149 e. The van der Waals surface area contributed by atoms with Crippen LogP contribution in [0.25, 0.3) is 11.3 Å². The highest BCUT2D eigenvalue weighted by Gasteiger charge is 2.21. The minimum absolute atomic E-state index is 0.370. The zero-order valence-electron chi connectivity index (χ0n) is 14.7. The molecule has 2 aliphatic heterocycles. The van der Waals surface area contributed by atoms with Crippen molar-refractivity contribution in [3.8, 4) is 17.0 Å². The van der Waals surface area contributed by atoms with Crippen LogP contribution in [-0.4, -0.2) is 52.1 Å². The third-order valence-electron chi connectivity index (χ3n) is 5.07. The normalized spacial score (nSPS) is 20.5. The van der Waals surface area contributed by atoms with E-state index in [1.165, 1.54) is 11.3 Å². The smallest absolute Gasteiger partial charge is 0.149 e. The van der Waals surface area contributed by atoms with Crippen LogP contribution in [0.2, 0.25) is 0 Å². The van der Waals surface area contributed by atoms with E-state index in [1.807, 2.05) is 19.1 Å². The molecule has 1 atom stereocenters. The second kappa shape index (κ2) is 6.84. The minimum atomic E-state index is 0.370. The van der Waals surface area contributed by atoms with Gasteiger partial charge in [0.15, 0.2) is 0 Å². The van der Waals surface area contributed by atoms with Crippen molar-refractivity contribution < 1.29 is 5.11 Å². The van der Waals surface area contributed by atoms with E-state index in [0.29, 0.717) is 11.8 Å². The molecule has 132 valence electrons. The molecule has 1 fully saturated rings. The van der Waals surface area contributed by atoms with Crippen LogP contribution in [0.3, 0.4) is 0 Å². The van der Waals surface area contributed by atoms with Gasteiger partial charge >= 0.3 is 0 Å². The number of likely N-dealkylation sites (N-methyl/N-ethyl adjacent to an activating group) is 1. The van der Waals surface area contributed by atoms with E-state index in [2.05, 4.69) is 33.5 Å². The number of nitrogens with zero attached hydrogens (tertiary/aromatic N) is 3. The molecule has 25 heavy (non-hydrogen) atoms. The van der Waals surface area contributed by atoms with Gasteiger partial charge in [-0.15, -0.1) is 22.0 Å². The summed E-state index contributed by atoms with van der Waals surface area (Å²) in [6.45, 7) is 4.23. The first kappa shape index (κ1) is 16.7. The summed E-state index contributed by atoms with van der Waals surface area (Å²) in [5.74, 6) is 2.22. The molecule has 0 aliphatic carbocycles. The fourth-order valence-electron chi connectivity index (χ4n) is 3.76. The Kier molecular flexibility index (Phi) is 4.56. The molecule has 2 N–H and O–H groups in total. The lowest BCUT2D eigenvalue weighted by Gasteiger charge is -2.30. The zero-order valence-corrected chi connectivity index (χ0v) is 15.6. The topological polar surface area (TPSA) is 61.3 Å². The van der Waals surface area contributed by atoms with Crippen LogP contribution in [0.4, 0.5) is 5.82 Å².